The van der Waals surface area contributed by atoms with Gasteiger partial charge in [-0.05, 0) is 6.08 Å². The Labute approximate surface area is 150 Å². The Kier molecular flexibility index (Phi) is 8.69. The highest BCUT2D eigenvalue weighted by Gasteiger charge is 2.41. The average Bonchev–Trinajstić information content (AvgIpc) is 2.54. The maximum absolute atomic E-state index is 12.1. The normalized spacial score (nSPS) is 21.6. The van der Waals surface area contributed by atoms with Gasteiger partial charge in [0.2, 0.25) is 17.8 Å². The zero-order valence-electron chi connectivity index (χ0n) is 14.3. The monoisotopic (exact) mass is 401 g/mol. The summed E-state index contributed by atoms with van der Waals surface area (Å²) in [7, 11) is 2.60. The second kappa shape index (κ2) is 9.72. The molecule has 0 aromatic carbocycles. The molecule has 11 nitrogen and oxygen atoms in total. The highest BCUT2D eigenvalue weighted by molar-refractivity contribution is 5.88. The van der Waals surface area contributed by atoms with Crippen LogP contribution in [0.3, 0.4) is 0 Å². The standard InChI is InChI=1S/C11H17N3O6.C2HF3O2/c1-5(15)13-8-6(12)4-7(11(17)18)20-9(8)10(16)14(2)19-3;3-2(4,5)1(6)7/h4,6,8-9H,12H2,1-3H3,(H,13,15)(H,17,18);(H,6,7)/t6-,8+,9+;/m0./s1. The molecule has 0 unspecified atom stereocenters. The summed E-state index contributed by atoms with van der Waals surface area (Å²) in [5.41, 5.74) is 5.78. The van der Waals surface area contributed by atoms with Crippen LogP contribution in [0.15, 0.2) is 11.8 Å². The average molecular weight is 401 g/mol. The lowest BCUT2D eigenvalue weighted by atomic mass is 9.98. The van der Waals surface area contributed by atoms with Gasteiger partial charge in [0.25, 0.3) is 5.91 Å². The predicted octanol–water partition coefficient (Wildman–Crippen LogP) is -1.16. The molecule has 0 fully saturated rings. The molecule has 0 aliphatic carbocycles. The van der Waals surface area contributed by atoms with Crippen molar-refractivity contribution in [1.82, 2.24) is 10.4 Å². The number of carboxylic acids is 2. The Balaban J connectivity index is 0.000000821. The number of ether oxygens (including phenoxy) is 1. The van der Waals surface area contributed by atoms with Crippen molar-refractivity contribution < 1.29 is 52.1 Å². The van der Waals surface area contributed by atoms with Gasteiger partial charge < -0.3 is 26.0 Å². The number of aliphatic carboxylic acids is 2. The topological polar surface area (TPSA) is 168 Å². The lowest BCUT2D eigenvalue weighted by Crippen LogP contribution is -2.60. The quantitative estimate of drug-likeness (QED) is 0.425. The van der Waals surface area contributed by atoms with Crippen molar-refractivity contribution >= 4 is 23.8 Å². The van der Waals surface area contributed by atoms with Crippen LogP contribution in [0.1, 0.15) is 6.92 Å². The second-order valence-electron chi connectivity index (χ2n) is 5.00. The van der Waals surface area contributed by atoms with Gasteiger partial charge in [0, 0.05) is 14.0 Å². The van der Waals surface area contributed by atoms with Crippen molar-refractivity contribution in [2.45, 2.75) is 31.3 Å². The van der Waals surface area contributed by atoms with E-state index in [2.05, 4.69) is 5.32 Å². The number of carbonyl (C=O) groups is 4. The molecule has 0 radical (unpaired) electrons. The van der Waals surface area contributed by atoms with E-state index in [0.29, 0.717) is 0 Å². The second-order valence-corrected chi connectivity index (χ2v) is 5.00. The molecule has 1 rings (SSSR count). The van der Waals surface area contributed by atoms with E-state index in [1.165, 1.54) is 21.1 Å². The SMILES string of the molecule is CON(C)C(=O)[C@@H]1OC(C(=O)O)=C[C@H](N)[C@H]1NC(C)=O.O=C(O)C(F)(F)F. The summed E-state index contributed by atoms with van der Waals surface area (Å²) in [5, 5.41) is 19.4. The lowest BCUT2D eigenvalue weighted by Gasteiger charge is -2.35. The Bertz CT molecular complexity index is 622. The molecule has 0 saturated heterocycles. The van der Waals surface area contributed by atoms with E-state index in [4.69, 9.17) is 30.3 Å². The number of nitrogens with two attached hydrogens (primary N) is 1. The molecule has 0 aromatic heterocycles. The number of likely N-dealkylation sites (N-methyl/N-ethyl adjacent to an activating group) is 1. The molecule has 5 N–H and O–H groups in total. The first-order valence-electron chi connectivity index (χ1n) is 6.98. The fourth-order valence-corrected chi connectivity index (χ4v) is 1.73. The Morgan fingerprint density at radius 2 is 1.78 bits per heavy atom. The van der Waals surface area contributed by atoms with Gasteiger partial charge in [-0.1, -0.05) is 0 Å². The van der Waals surface area contributed by atoms with E-state index < -0.39 is 53.9 Å². The van der Waals surface area contributed by atoms with Crippen LogP contribution in [-0.4, -0.2) is 77.6 Å². The molecule has 1 aliphatic heterocycles. The predicted molar refractivity (Wildman–Crippen MR) is 79.6 cm³/mol. The first-order chi connectivity index (χ1) is 12.2. The highest BCUT2D eigenvalue weighted by Crippen LogP contribution is 2.19. The maximum Gasteiger partial charge on any atom is 0.490 e. The van der Waals surface area contributed by atoms with E-state index in [1.807, 2.05) is 0 Å². The van der Waals surface area contributed by atoms with E-state index in [-0.39, 0.29) is 0 Å². The summed E-state index contributed by atoms with van der Waals surface area (Å²) in [6, 6.07) is -1.77. The summed E-state index contributed by atoms with van der Waals surface area (Å²) in [5.74, 6) is -5.62. The molecule has 0 spiro atoms. The van der Waals surface area contributed by atoms with E-state index in [0.717, 1.165) is 11.1 Å². The van der Waals surface area contributed by atoms with Crippen molar-refractivity contribution in [3.05, 3.63) is 11.8 Å². The minimum atomic E-state index is -5.08. The first kappa shape index (κ1) is 24.1. The molecule has 2 amide bonds. The van der Waals surface area contributed by atoms with Crippen LogP contribution in [-0.2, 0) is 28.8 Å². The molecule has 1 heterocycles. The summed E-state index contributed by atoms with van der Waals surface area (Å²) in [6.45, 7) is 1.25. The number of carbonyl (C=O) groups excluding carboxylic acids is 2. The van der Waals surface area contributed by atoms with Gasteiger partial charge in [0.05, 0.1) is 19.2 Å². The fourth-order valence-electron chi connectivity index (χ4n) is 1.73. The van der Waals surface area contributed by atoms with Gasteiger partial charge in [-0.15, -0.1) is 0 Å². The number of nitrogens with one attached hydrogen (secondary N) is 1. The Morgan fingerprint density at radius 1 is 1.30 bits per heavy atom. The van der Waals surface area contributed by atoms with Gasteiger partial charge in [-0.2, -0.15) is 13.2 Å². The summed E-state index contributed by atoms with van der Waals surface area (Å²) in [4.78, 5) is 47.8. The smallest absolute Gasteiger partial charge is 0.475 e. The zero-order chi connectivity index (χ0) is 21.5. The number of hydroxylamine groups is 2. The van der Waals surface area contributed by atoms with Crippen molar-refractivity contribution in [1.29, 1.82) is 0 Å². The van der Waals surface area contributed by atoms with Crippen LogP contribution >= 0.6 is 0 Å². The summed E-state index contributed by atoms with van der Waals surface area (Å²) >= 11 is 0. The third kappa shape index (κ3) is 7.49. The van der Waals surface area contributed by atoms with Crippen molar-refractivity contribution in [2.24, 2.45) is 5.73 Å². The van der Waals surface area contributed by atoms with Gasteiger partial charge in [-0.25, -0.2) is 14.7 Å². The van der Waals surface area contributed by atoms with Crippen LogP contribution in [0.4, 0.5) is 13.2 Å². The largest absolute Gasteiger partial charge is 0.490 e. The minimum Gasteiger partial charge on any atom is -0.475 e. The number of rotatable bonds is 4. The molecular formula is C13H18F3N3O8. The fraction of sp³-hybridized carbons (Fsp3) is 0.538. The Hall–Kier alpha value is -2.87. The van der Waals surface area contributed by atoms with Crippen LogP contribution in [0.25, 0.3) is 0 Å². The molecule has 0 saturated carbocycles. The molecule has 1 aliphatic rings. The number of amides is 2. The molecule has 27 heavy (non-hydrogen) atoms. The number of hydrogen-bond acceptors (Lipinski definition) is 7. The van der Waals surface area contributed by atoms with Gasteiger partial charge in [0.1, 0.15) is 0 Å². The number of nitrogens with zero attached hydrogens (tertiary/aromatic N) is 1. The zero-order valence-corrected chi connectivity index (χ0v) is 14.3. The molecule has 3 atom stereocenters. The van der Waals surface area contributed by atoms with Gasteiger partial charge >= 0.3 is 18.1 Å². The molecule has 154 valence electrons. The van der Waals surface area contributed by atoms with E-state index in [1.54, 1.807) is 0 Å². The highest BCUT2D eigenvalue weighted by atomic mass is 19.4. The molecule has 0 bridgehead atoms. The van der Waals surface area contributed by atoms with E-state index >= 15 is 0 Å². The van der Waals surface area contributed by atoms with Crippen molar-refractivity contribution in [3.8, 4) is 0 Å². The van der Waals surface area contributed by atoms with Crippen molar-refractivity contribution in [3.63, 3.8) is 0 Å². The van der Waals surface area contributed by atoms with Gasteiger partial charge in [0.15, 0.2) is 0 Å². The number of hydrogen-bond donors (Lipinski definition) is 4. The first-order valence-corrected chi connectivity index (χ1v) is 6.98. The van der Waals surface area contributed by atoms with Crippen LogP contribution in [0, 0.1) is 0 Å². The number of carboxylic acid groups (broad SMARTS) is 2. The van der Waals surface area contributed by atoms with Crippen LogP contribution in [0.2, 0.25) is 0 Å². The lowest BCUT2D eigenvalue weighted by molar-refractivity contribution is -0.192. The Morgan fingerprint density at radius 3 is 2.11 bits per heavy atom. The molecule has 0 aromatic rings. The number of halogens is 3. The summed E-state index contributed by atoms with van der Waals surface area (Å²) < 4.78 is 36.8. The third-order valence-electron chi connectivity index (χ3n) is 2.99. The van der Waals surface area contributed by atoms with Crippen LogP contribution in [0.5, 0.6) is 0 Å². The third-order valence-corrected chi connectivity index (χ3v) is 2.99. The maximum atomic E-state index is 12.1. The van der Waals surface area contributed by atoms with Crippen molar-refractivity contribution in [2.75, 3.05) is 14.2 Å². The van der Waals surface area contributed by atoms with E-state index in [9.17, 15) is 27.6 Å². The summed E-state index contributed by atoms with van der Waals surface area (Å²) in [6.07, 6.45) is -5.23. The minimum absolute atomic E-state index is 0.418. The number of alkyl halides is 3. The molecular weight excluding hydrogens is 383 g/mol. The molecule has 14 heteroatoms. The van der Waals surface area contributed by atoms with Crippen LogP contribution < -0.4 is 11.1 Å². The van der Waals surface area contributed by atoms with Gasteiger partial charge in [-0.3, -0.25) is 14.4 Å².